The van der Waals surface area contributed by atoms with Crippen molar-refractivity contribution in [1.29, 1.82) is 0 Å². The third-order valence-corrected chi connectivity index (χ3v) is 1.45. The van der Waals surface area contributed by atoms with Crippen LogP contribution in [0.25, 0.3) is 0 Å². The summed E-state index contributed by atoms with van der Waals surface area (Å²) in [6.07, 6.45) is 2.04. The van der Waals surface area contributed by atoms with Crippen LogP contribution in [0.1, 0.15) is 25.3 Å². The highest BCUT2D eigenvalue weighted by Crippen LogP contribution is 1.92. The molecule has 1 nitrogen and oxygen atoms in total. The van der Waals surface area contributed by atoms with Crippen LogP contribution in [-0.2, 0) is 0 Å². The van der Waals surface area contributed by atoms with E-state index in [2.05, 4.69) is 26.0 Å². The standard InChI is InChI=1S/C7H8.C4H10O/c1-7-5-3-2-4-6-7;1-2-3-4-5/h2-6H,1H3;5H,2-4H2,1H3. The maximum absolute atomic E-state index is 8.07. The second kappa shape index (κ2) is 8.28. The molecule has 1 heteroatoms. The van der Waals surface area contributed by atoms with Crippen LogP contribution in [0.5, 0.6) is 0 Å². The van der Waals surface area contributed by atoms with Gasteiger partial charge in [-0.25, -0.2) is 0 Å². The summed E-state index contributed by atoms with van der Waals surface area (Å²) in [7, 11) is 0. The second-order valence-electron chi connectivity index (χ2n) is 2.73. The highest BCUT2D eigenvalue weighted by molar-refractivity contribution is 5.11. The molecule has 0 aliphatic carbocycles. The van der Waals surface area contributed by atoms with Crippen molar-refractivity contribution < 1.29 is 5.11 Å². The minimum Gasteiger partial charge on any atom is -0.396 e. The lowest BCUT2D eigenvalue weighted by Gasteiger charge is -1.82. The first-order chi connectivity index (χ1) is 5.81. The van der Waals surface area contributed by atoms with Gasteiger partial charge in [-0.1, -0.05) is 49.2 Å². The summed E-state index contributed by atoms with van der Waals surface area (Å²) in [5, 5.41) is 8.07. The average Bonchev–Trinajstić information content (AvgIpc) is 2.08. The molecule has 0 saturated carbocycles. The SMILES string of the molecule is CCCCO.Cc1ccccc1. The number of unbranched alkanes of at least 4 members (excludes halogenated alkanes) is 1. The Labute approximate surface area is 75.1 Å². The smallest absolute Gasteiger partial charge is 0.0430 e. The first kappa shape index (κ1) is 11.2. The molecule has 68 valence electrons. The van der Waals surface area contributed by atoms with Gasteiger partial charge in [-0.2, -0.15) is 0 Å². The molecule has 0 aliphatic heterocycles. The van der Waals surface area contributed by atoms with E-state index in [-0.39, 0.29) is 0 Å². The van der Waals surface area contributed by atoms with Crippen molar-refractivity contribution in [3.05, 3.63) is 35.9 Å². The van der Waals surface area contributed by atoms with Gasteiger partial charge in [0.25, 0.3) is 0 Å². The number of hydrogen-bond donors (Lipinski definition) is 1. The van der Waals surface area contributed by atoms with Gasteiger partial charge in [0.1, 0.15) is 0 Å². The molecule has 0 aliphatic rings. The predicted octanol–water partition coefficient (Wildman–Crippen LogP) is 2.77. The molecule has 0 saturated heterocycles. The van der Waals surface area contributed by atoms with Gasteiger partial charge < -0.3 is 5.11 Å². The summed E-state index contributed by atoms with van der Waals surface area (Å²) in [6, 6.07) is 10.3. The van der Waals surface area contributed by atoms with Gasteiger partial charge in [0.2, 0.25) is 0 Å². The minimum absolute atomic E-state index is 0.344. The molecule has 1 rings (SSSR count). The highest BCUT2D eigenvalue weighted by Gasteiger charge is 1.72. The van der Waals surface area contributed by atoms with Gasteiger partial charge in [0.15, 0.2) is 0 Å². The molecule has 0 unspecified atom stereocenters. The minimum atomic E-state index is 0.344. The summed E-state index contributed by atoms with van der Waals surface area (Å²) in [6.45, 7) is 4.48. The number of hydrogen-bond acceptors (Lipinski definition) is 1. The molecule has 0 amide bonds. The molecule has 0 radical (unpaired) electrons. The fraction of sp³-hybridized carbons (Fsp3) is 0.455. The van der Waals surface area contributed by atoms with E-state index in [1.165, 1.54) is 5.56 Å². The van der Waals surface area contributed by atoms with Crippen molar-refractivity contribution in [3.63, 3.8) is 0 Å². The number of aliphatic hydroxyl groups is 1. The Bertz CT molecular complexity index is 168. The van der Waals surface area contributed by atoms with Crippen LogP contribution in [0.4, 0.5) is 0 Å². The lowest BCUT2D eigenvalue weighted by molar-refractivity contribution is 0.287. The Kier molecular flexibility index (Phi) is 7.71. The van der Waals surface area contributed by atoms with E-state index in [9.17, 15) is 0 Å². The molecule has 0 heterocycles. The van der Waals surface area contributed by atoms with Crippen molar-refractivity contribution in [2.24, 2.45) is 0 Å². The molecule has 0 aromatic heterocycles. The first-order valence-electron chi connectivity index (χ1n) is 4.43. The quantitative estimate of drug-likeness (QED) is 0.716. The zero-order valence-corrected chi connectivity index (χ0v) is 7.96. The van der Waals surface area contributed by atoms with E-state index < -0.39 is 0 Å². The van der Waals surface area contributed by atoms with E-state index in [0.717, 1.165) is 12.8 Å². The normalized spacial score (nSPS) is 8.58. The van der Waals surface area contributed by atoms with E-state index in [1.54, 1.807) is 0 Å². The summed E-state index contributed by atoms with van der Waals surface area (Å²) in [4.78, 5) is 0. The molecule has 0 fully saturated rings. The van der Waals surface area contributed by atoms with Crippen molar-refractivity contribution in [2.45, 2.75) is 26.7 Å². The molecule has 0 spiro atoms. The van der Waals surface area contributed by atoms with E-state index in [4.69, 9.17) is 5.11 Å². The van der Waals surface area contributed by atoms with Crippen molar-refractivity contribution in [3.8, 4) is 0 Å². The number of aryl methyl sites for hydroxylation is 1. The number of aliphatic hydroxyl groups excluding tert-OH is 1. The van der Waals surface area contributed by atoms with E-state index in [0.29, 0.717) is 6.61 Å². The van der Waals surface area contributed by atoms with Crippen LogP contribution in [0, 0.1) is 6.92 Å². The molecular formula is C11H18O. The number of rotatable bonds is 2. The van der Waals surface area contributed by atoms with E-state index in [1.807, 2.05) is 18.2 Å². The van der Waals surface area contributed by atoms with Crippen LogP contribution >= 0.6 is 0 Å². The van der Waals surface area contributed by atoms with Crippen molar-refractivity contribution >= 4 is 0 Å². The van der Waals surface area contributed by atoms with Crippen LogP contribution in [0.3, 0.4) is 0 Å². The van der Waals surface area contributed by atoms with Gasteiger partial charge in [-0.3, -0.25) is 0 Å². The highest BCUT2D eigenvalue weighted by atomic mass is 16.2. The Hall–Kier alpha value is -0.820. The molecule has 0 atom stereocenters. The molecule has 0 bridgehead atoms. The third-order valence-electron chi connectivity index (χ3n) is 1.45. The summed E-state index contributed by atoms with van der Waals surface area (Å²) < 4.78 is 0. The average molecular weight is 166 g/mol. The molecular weight excluding hydrogens is 148 g/mol. The zero-order valence-electron chi connectivity index (χ0n) is 7.96. The van der Waals surface area contributed by atoms with Crippen molar-refractivity contribution in [1.82, 2.24) is 0 Å². The summed E-state index contributed by atoms with van der Waals surface area (Å²) in [5.41, 5.74) is 1.32. The van der Waals surface area contributed by atoms with Crippen LogP contribution in [0.2, 0.25) is 0 Å². The monoisotopic (exact) mass is 166 g/mol. The molecule has 12 heavy (non-hydrogen) atoms. The number of benzene rings is 1. The Balaban J connectivity index is 0.000000217. The van der Waals surface area contributed by atoms with E-state index >= 15 is 0 Å². The van der Waals surface area contributed by atoms with Crippen molar-refractivity contribution in [2.75, 3.05) is 6.61 Å². The summed E-state index contributed by atoms with van der Waals surface area (Å²) in [5.74, 6) is 0. The maximum Gasteiger partial charge on any atom is 0.0430 e. The maximum atomic E-state index is 8.07. The molecule has 1 N–H and O–H groups in total. The fourth-order valence-electron chi connectivity index (χ4n) is 0.692. The van der Waals surface area contributed by atoms with Gasteiger partial charge in [-0.15, -0.1) is 0 Å². The fourth-order valence-corrected chi connectivity index (χ4v) is 0.692. The van der Waals surface area contributed by atoms with Crippen LogP contribution in [-0.4, -0.2) is 11.7 Å². The zero-order chi connectivity index (χ0) is 9.23. The third kappa shape index (κ3) is 7.29. The second-order valence-corrected chi connectivity index (χ2v) is 2.73. The van der Waals surface area contributed by atoms with Gasteiger partial charge in [0.05, 0.1) is 0 Å². The Morgan fingerprint density at radius 2 is 1.75 bits per heavy atom. The Morgan fingerprint density at radius 3 is 1.92 bits per heavy atom. The largest absolute Gasteiger partial charge is 0.396 e. The molecule has 1 aromatic carbocycles. The Morgan fingerprint density at radius 1 is 1.17 bits per heavy atom. The van der Waals surface area contributed by atoms with Gasteiger partial charge >= 0.3 is 0 Å². The topological polar surface area (TPSA) is 20.2 Å². The van der Waals surface area contributed by atoms with Gasteiger partial charge in [-0.05, 0) is 13.3 Å². The molecule has 1 aromatic rings. The lowest BCUT2D eigenvalue weighted by atomic mass is 10.2. The van der Waals surface area contributed by atoms with Crippen LogP contribution in [0.15, 0.2) is 30.3 Å². The predicted molar refractivity (Wildman–Crippen MR) is 53.2 cm³/mol. The van der Waals surface area contributed by atoms with Gasteiger partial charge in [0, 0.05) is 6.61 Å². The summed E-state index contributed by atoms with van der Waals surface area (Å²) >= 11 is 0. The lowest BCUT2D eigenvalue weighted by Crippen LogP contribution is -1.75. The first-order valence-corrected chi connectivity index (χ1v) is 4.43. The van der Waals surface area contributed by atoms with Crippen LogP contribution < -0.4 is 0 Å².